The van der Waals surface area contributed by atoms with Gasteiger partial charge in [-0.3, -0.25) is 0 Å². The van der Waals surface area contributed by atoms with Crippen LogP contribution in [0.3, 0.4) is 0 Å². The number of aromatic nitrogens is 2. The number of amides is 2. The number of urea groups is 1. The van der Waals surface area contributed by atoms with E-state index in [1.165, 1.54) is 0 Å². The van der Waals surface area contributed by atoms with Gasteiger partial charge in [-0.1, -0.05) is 18.2 Å². The maximum Gasteiger partial charge on any atom is 0.321 e. The fraction of sp³-hybridized carbons (Fsp3) is 0.286. The van der Waals surface area contributed by atoms with Crippen molar-refractivity contribution in [2.75, 3.05) is 32.1 Å². The largest absolute Gasteiger partial charge is 0.497 e. The molecule has 0 saturated carbocycles. The highest BCUT2D eigenvalue weighted by Gasteiger charge is 2.28. The van der Waals surface area contributed by atoms with Crippen molar-refractivity contribution in [2.24, 2.45) is 0 Å². The predicted molar refractivity (Wildman–Crippen MR) is 137 cm³/mol. The zero-order chi connectivity index (χ0) is 24.2. The molecule has 1 fully saturated rings. The number of ether oxygens (including phenoxy) is 2. The Morgan fingerprint density at radius 3 is 2.74 bits per heavy atom. The molecule has 7 nitrogen and oxygen atoms in total. The lowest BCUT2D eigenvalue weighted by Gasteiger charge is -2.32. The average molecular weight is 471 g/mol. The van der Waals surface area contributed by atoms with E-state index in [9.17, 15) is 4.79 Å². The van der Waals surface area contributed by atoms with Gasteiger partial charge in [-0.25, -0.2) is 9.78 Å². The number of methoxy groups -OCH3 is 1. The number of piperidine rings is 1. The summed E-state index contributed by atoms with van der Waals surface area (Å²) in [6, 6.07) is 21.5. The number of anilines is 1. The highest BCUT2D eigenvalue weighted by molar-refractivity contribution is 5.89. The molecule has 35 heavy (non-hydrogen) atoms. The van der Waals surface area contributed by atoms with Crippen molar-refractivity contribution in [3.05, 3.63) is 78.8 Å². The number of nitrogens with one attached hydrogen (secondary N) is 1. The van der Waals surface area contributed by atoms with E-state index in [2.05, 4.69) is 28.0 Å². The first-order valence-corrected chi connectivity index (χ1v) is 12.1. The Hall–Kier alpha value is -4.00. The number of fused-ring (bicyclic) bond motifs is 1. The molecule has 1 aliphatic rings. The van der Waals surface area contributed by atoms with Crippen LogP contribution in [-0.4, -0.2) is 47.1 Å². The third-order valence-corrected chi connectivity index (χ3v) is 6.41. The lowest BCUT2D eigenvalue weighted by molar-refractivity contribution is 0.191. The molecule has 1 saturated heterocycles. The first-order valence-electron chi connectivity index (χ1n) is 12.1. The van der Waals surface area contributed by atoms with Crippen LogP contribution in [0.25, 0.3) is 16.8 Å². The molecule has 0 bridgehead atoms. The van der Waals surface area contributed by atoms with Crippen LogP contribution in [0.1, 0.15) is 31.5 Å². The van der Waals surface area contributed by atoms with Crippen LogP contribution in [0.15, 0.2) is 72.9 Å². The molecule has 5 rings (SSSR count). The number of likely N-dealkylation sites (tertiary alicyclic amines) is 1. The van der Waals surface area contributed by atoms with Crippen molar-refractivity contribution in [1.82, 2.24) is 14.3 Å². The van der Waals surface area contributed by atoms with Crippen molar-refractivity contribution in [3.63, 3.8) is 0 Å². The van der Waals surface area contributed by atoms with Crippen molar-refractivity contribution in [1.29, 1.82) is 0 Å². The number of carbonyl (C=O) groups is 1. The SMILES string of the molecule is CCOc1ccc(NC(=O)N2CCC[C@@H](c3nc(-c4cccc(OC)c4)c4ccccn34)C2)cc1. The minimum Gasteiger partial charge on any atom is -0.497 e. The molecule has 0 radical (unpaired) electrons. The van der Waals surface area contributed by atoms with E-state index >= 15 is 0 Å². The molecule has 2 aromatic carbocycles. The van der Waals surface area contributed by atoms with Gasteiger partial charge in [-0.2, -0.15) is 0 Å². The number of benzene rings is 2. The predicted octanol–water partition coefficient (Wildman–Crippen LogP) is 5.82. The molecule has 7 heteroatoms. The van der Waals surface area contributed by atoms with Crippen LogP contribution in [-0.2, 0) is 0 Å². The van der Waals surface area contributed by atoms with Gasteiger partial charge in [-0.05, 0) is 68.3 Å². The zero-order valence-corrected chi connectivity index (χ0v) is 20.1. The highest BCUT2D eigenvalue weighted by Crippen LogP contribution is 2.33. The molecule has 1 aliphatic heterocycles. The molecule has 2 aromatic heterocycles. The van der Waals surface area contributed by atoms with Crippen molar-refractivity contribution in [2.45, 2.75) is 25.7 Å². The Bertz CT molecular complexity index is 1320. The number of hydrogen-bond donors (Lipinski definition) is 1. The van der Waals surface area contributed by atoms with Gasteiger partial charge >= 0.3 is 6.03 Å². The maximum absolute atomic E-state index is 13.1. The molecule has 1 N–H and O–H groups in total. The van der Waals surface area contributed by atoms with Gasteiger partial charge in [0.1, 0.15) is 17.3 Å². The van der Waals surface area contributed by atoms with Crippen molar-refractivity contribution in [3.8, 4) is 22.8 Å². The van der Waals surface area contributed by atoms with Gasteiger partial charge in [-0.15, -0.1) is 0 Å². The topological polar surface area (TPSA) is 68.1 Å². The zero-order valence-electron chi connectivity index (χ0n) is 20.1. The van der Waals surface area contributed by atoms with Crippen LogP contribution in [0.4, 0.5) is 10.5 Å². The second-order valence-corrected chi connectivity index (χ2v) is 8.68. The monoisotopic (exact) mass is 470 g/mol. The third kappa shape index (κ3) is 4.80. The smallest absolute Gasteiger partial charge is 0.321 e. The normalized spacial score (nSPS) is 15.7. The number of carbonyl (C=O) groups excluding carboxylic acids is 1. The second kappa shape index (κ2) is 10.1. The minimum atomic E-state index is -0.0901. The summed E-state index contributed by atoms with van der Waals surface area (Å²) in [6.45, 7) is 3.91. The summed E-state index contributed by atoms with van der Waals surface area (Å²) in [5.41, 5.74) is 3.74. The van der Waals surface area contributed by atoms with E-state index < -0.39 is 0 Å². The Kier molecular flexibility index (Phi) is 6.57. The summed E-state index contributed by atoms with van der Waals surface area (Å²) in [5.74, 6) is 2.72. The minimum absolute atomic E-state index is 0.0901. The third-order valence-electron chi connectivity index (χ3n) is 6.41. The van der Waals surface area contributed by atoms with Gasteiger partial charge in [0.2, 0.25) is 0 Å². The Morgan fingerprint density at radius 2 is 1.94 bits per heavy atom. The summed E-state index contributed by atoms with van der Waals surface area (Å²) in [4.78, 5) is 20.0. The second-order valence-electron chi connectivity index (χ2n) is 8.68. The van der Waals surface area contributed by atoms with E-state index in [-0.39, 0.29) is 11.9 Å². The maximum atomic E-state index is 13.1. The molecule has 2 amide bonds. The van der Waals surface area contributed by atoms with E-state index in [0.29, 0.717) is 13.2 Å². The van der Waals surface area contributed by atoms with Gasteiger partial charge < -0.3 is 24.1 Å². The number of pyridine rings is 1. The van der Waals surface area contributed by atoms with Gasteiger partial charge in [0.15, 0.2) is 0 Å². The first-order chi connectivity index (χ1) is 17.2. The molecule has 0 spiro atoms. The summed E-state index contributed by atoms with van der Waals surface area (Å²) < 4.78 is 13.1. The lowest BCUT2D eigenvalue weighted by Crippen LogP contribution is -2.42. The van der Waals surface area contributed by atoms with E-state index in [1.54, 1.807) is 7.11 Å². The first kappa shape index (κ1) is 22.8. The van der Waals surface area contributed by atoms with Crippen LogP contribution in [0, 0.1) is 0 Å². The van der Waals surface area contributed by atoms with Gasteiger partial charge in [0.25, 0.3) is 0 Å². The van der Waals surface area contributed by atoms with Gasteiger partial charge in [0, 0.05) is 36.5 Å². The van der Waals surface area contributed by atoms with E-state index in [1.807, 2.05) is 66.4 Å². The summed E-state index contributed by atoms with van der Waals surface area (Å²) >= 11 is 0. The molecule has 4 aromatic rings. The molecule has 3 heterocycles. The molecule has 0 aliphatic carbocycles. The average Bonchev–Trinajstić information content (AvgIpc) is 3.30. The Balaban J connectivity index is 1.38. The van der Waals surface area contributed by atoms with Crippen LogP contribution >= 0.6 is 0 Å². The Morgan fingerprint density at radius 1 is 1.09 bits per heavy atom. The fourth-order valence-electron chi connectivity index (χ4n) is 4.71. The highest BCUT2D eigenvalue weighted by atomic mass is 16.5. The Labute approximate surface area is 205 Å². The molecular weight excluding hydrogens is 440 g/mol. The quantitative estimate of drug-likeness (QED) is 0.386. The van der Waals surface area contributed by atoms with Crippen LogP contribution in [0.5, 0.6) is 11.5 Å². The number of rotatable bonds is 6. The molecule has 0 unspecified atom stereocenters. The van der Waals surface area contributed by atoms with Crippen LogP contribution in [0.2, 0.25) is 0 Å². The number of nitrogens with zero attached hydrogens (tertiary/aromatic N) is 3. The summed E-state index contributed by atoms with van der Waals surface area (Å²) in [5, 5.41) is 3.02. The fourth-order valence-corrected chi connectivity index (χ4v) is 4.71. The van der Waals surface area contributed by atoms with Gasteiger partial charge in [0.05, 0.1) is 24.9 Å². The standard InChI is InChI=1S/C28H30N4O3/c1-3-35-23-14-12-22(13-15-23)29-28(33)31-16-7-9-21(19-31)27-30-26(25-11-4-5-17-32(25)27)20-8-6-10-24(18-20)34-2/h4-6,8,10-15,17-18,21H,3,7,9,16,19H2,1-2H3,(H,29,33)/t21-/m1/s1. The number of hydrogen-bond acceptors (Lipinski definition) is 4. The number of imidazole rings is 1. The van der Waals surface area contributed by atoms with Crippen LogP contribution < -0.4 is 14.8 Å². The van der Waals surface area contributed by atoms with E-state index in [4.69, 9.17) is 14.5 Å². The van der Waals surface area contributed by atoms with Crippen molar-refractivity contribution < 1.29 is 14.3 Å². The summed E-state index contributed by atoms with van der Waals surface area (Å²) in [7, 11) is 1.67. The van der Waals surface area contributed by atoms with E-state index in [0.717, 1.165) is 59.2 Å². The molecule has 180 valence electrons. The summed E-state index contributed by atoms with van der Waals surface area (Å²) in [6.07, 6.45) is 3.97. The van der Waals surface area contributed by atoms with Crippen molar-refractivity contribution >= 4 is 17.2 Å². The molecular formula is C28H30N4O3. The molecule has 1 atom stereocenters. The lowest BCUT2D eigenvalue weighted by atomic mass is 9.97.